The second kappa shape index (κ2) is 5.04. The number of benzene rings is 1. The summed E-state index contributed by atoms with van der Waals surface area (Å²) < 4.78 is 39.1. The maximum atomic E-state index is 13.1. The lowest BCUT2D eigenvalue weighted by Gasteiger charge is -2.11. The van der Waals surface area contributed by atoms with Gasteiger partial charge in [-0.05, 0) is 35.0 Å². The minimum atomic E-state index is -3.86. The molecule has 17 heavy (non-hydrogen) atoms. The Hall–Kier alpha value is -1.10. The lowest BCUT2D eigenvalue weighted by molar-refractivity contribution is 0.577. The smallest absolute Gasteiger partial charge is 0.243 e. The number of hydrogen-bond donors (Lipinski definition) is 2. The van der Waals surface area contributed by atoms with Crippen LogP contribution in [0.5, 0.6) is 0 Å². The lowest BCUT2D eigenvalue weighted by Crippen LogP contribution is -2.31. The first-order valence-electron chi connectivity index (χ1n) is 4.51. The molecule has 0 radical (unpaired) electrons. The average Bonchev–Trinajstić information content (AvgIpc) is 2.22. The molecular formula is C10H10BrFN2O2S. The van der Waals surface area contributed by atoms with Gasteiger partial charge in [-0.15, -0.1) is 6.42 Å². The molecule has 0 spiro atoms. The van der Waals surface area contributed by atoms with E-state index in [-0.39, 0.29) is 15.1 Å². The Morgan fingerprint density at radius 2 is 2.18 bits per heavy atom. The molecule has 1 aromatic carbocycles. The van der Waals surface area contributed by atoms with E-state index in [4.69, 9.17) is 12.2 Å². The fraction of sp³-hybridized carbons (Fsp3) is 0.200. The second-order valence-electron chi connectivity index (χ2n) is 3.31. The molecule has 0 saturated heterocycles. The number of hydrogen-bond acceptors (Lipinski definition) is 3. The summed E-state index contributed by atoms with van der Waals surface area (Å²) in [6, 6.07) is 1.35. The molecule has 0 aromatic heterocycles. The Labute approximate surface area is 108 Å². The summed E-state index contributed by atoms with van der Waals surface area (Å²) >= 11 is 2.89. The zero-order chi connectivity index (χ0) is 13.2. The van der Waals surface area contributed by atoms with Crippen molar-refractivity contribution in [1.82, 2.24) is 4.72 Å². The van der Waals surface area contributed by atoms with Crippen LogP contribution >= 0.6 is 15.9 Å². The van der Waals surface area contributed by atoms with Gasteiger partial charge in [-0.1, -0.05) is 5.92 Å². The zero-order valence-corrected chi connectivity index (χ0v) is 11.3. The topological polar surface area (TPSA) is 72.2 Å². The van der Waals surface area contributed by atoms with Crippen molar-refractivity contribution in [3.05, 3.63) is 22.4 Å². The van der Waals surface area contributed by atoms with Gasteiger partial charge in [-0.2, -0.15) is 4.72 Å². The third-order valence-corrected chi connectivity index (χ3v) is 4.13. The molecule has 1 aromatic rings. The molecule has 7 heteroatoms. The zero-order valence-electron chi connectivity index (χ0n) is 8.87. The summed E-state index contributed by atoms with van der Waals surface area (Å²) in [5.74, 6) is 1.59. The number of nitrogens with one attached hydrogen (secondary N) is 1. The van der Waals surface area contributed by atoms with Gasteiger partial charge in [0.25, 0.3) is 0 Å². The number of terminal acetylenes is 1. The minimum Gasteiger partial charge on any atom is -0.398 e. The third kappa shape index (κ3) is 3.19. The van der Waals surface area contributed by atoms with E-state index in [0.717, 1.165) is 12.1 Å². The van der Waals surface area contributed by atoms with E-state index in [1.165, 1.54) is 6.92 Å². The van der Waals surface area contributed by atoms with E-state index < -0.39 is 21.9 Å². The van der Waals surface area contributed by atoms with Crippen LogP contribution < -0.4 is 10.5 Å². The largest absolute Gasteiger partial charge is 0.398 e. The number of nitrogens with two attached hydrogens (primary N) is 1. The first-order valence-corrected chi connectivity index (χ1v) is 6.78. The van der Waals surface area contributed by atoms with Crippen molar-refractivity contribution < 1.29 is 12.8 Å². The molecule has 1 atom stereocenters. The van der Waals surface area contributed by atoms with E-state index in [1.54, 1.807) is 0 Å². The van der Waals surface area contributed by atoms with Crippen molar-refractivity contribution in [2.24, 2.45) is 0 Å². The van der Waals surface area contributed by atoms with E-state index in [1.807, 2.05) is 0 Å². The van der Waals surface area contributed by atoms with Crippen molar-refractivity contribution in [3.63, 3.8) is 0 Å². The monoisotopic (exact) mass is 320 g/mol. The number of rotatable bonds is 3. The highest BCUT2D eigenvalue weighted by Gasteiger charge is 2.21. The van der Waals surface area contributed by atoms with Gasteiger partial charge in [0.2, 0.25) is 10.0 Å². The fourth-order valence-corrected chi connectivity index (χ4v) is 2.90. The van der Waals surface area contributed by atoms with Crippen molar-refractivity contribution >= 4 is 31.6 Å². The Morgan fingerprint density at radius 1 is 1.59 bits per heavy atom. The highest BCUT2D eigenvalue weighted by Crippen LogP contribution is 2.26. The number of nitrogen functional groups attached to an aromatic ring is 1. The first-order chi connectivity index (χ1) is 7.77. The van der Waals surface area contributed by atoms with Crippen LogP contribution in [0.4, 0.5) is 10.1 Å². The van der Waals surface area contributed by atoms with Gasteiger partial charge < -0.3 is 5.73 Å². The summed E-state index contributed by atoms with van der Waals surface area (Å²) in [5.41, 5.74) is 5.28. The van der Waals surface area contributed by atoms with Crippen molar-refractivity contribution in [3.8, 4) is 12.3 Å². The number of sulfonamides is 1. The quantitative estimate of drug-likeness (QED) is 0.654. The van der Waals surface area contributed by atoms with Crippen LogP contribution in [0.15, 0.2) is 21.5 Å². The van der Waals surface area contributed by atoms with E-state index in [9.17, 15) is 12.8 Å². The predicted octanol–water partition coefficient (Wildman–Crippen LogP) is 1.47. The lowest BCUT2D eigenvalue weighted by atomic mass is 10.3. The summed E-state index contributed by atoms with van der Waals surface area (Å²) in [7, 11) is -3.86. The van der Waals surface area contributed by atoms with Gasteiger partial charge >= 0.3 is 0 Å². The third-order valence-electron chi connectivity index (χ3n) is 1.92. The Kier molecular flexibility index (Phi) is 4.14. The molecular weight excluding hydrogens is 311 g/mol. The van der Waals surface area contributed by atoms with Gasteiger partial charge in [-0.3, -0.25) is 0 Å². The molecule has 0 bridgehead atoms. The van der Waals surface area contributed by atoms with Gasteiger partial charge in [-0.25, -0.2) is 12.8 Å². The molecule has 0 aliphatic rings. The summed E-state index contributed by atoms with van der Waals surface area (Å²) in [5, 5.41) is 0. The molecule has 0 fully saturated rings. The molecule has 4 nitrogen and oxygen atoms in total. The van der Waals surface area contributed by atoms with Crippen LogP contribution in [0, 0.1) is 18.2 Å². The normalized spacial score (nSPS) is 13.1. The Bertz CT molecular complexity index is 581. The highest BCUT2D eigenvalue weighted by atomic mass is 79.9. The van der Waals surface area contributed by atoms with Crippen molar-refractivity contribution in [1.29, 1.82) is 0 Å². The van der Waals surface area contributed by atoms with Crippen LogP contribution in [0.1, 0.15) is 6.92 Å². The molecule has 3 N–H and O–H groups in total. The molecule has 92 valence electrons. The van der Waals surface area contributed by atoms with Crippen molar-refractivity contribution in [2.45, 2.75) is 17.9 Å². The van der Waals surface area contributed by atoms with Crippen LogP contribution in [0.25, 0.3) is 0 Å². The first kappa shape index (κ1) is 14.0. The molecule has 0 aliphatic heterocycles. The Morgan fingerprint density at radius 3 is 2.71 bits per heavy atom. The Balaban J connectivity index is 3.26. The number of halogens is 2. The second-order valence-corrected chi connectivity index (χ2v) is 5.85. The molecule has 0 heterocycles. The van der Waals surface area contributed by atoms with Crippen molar-refractivity contribution in [2.75, 3.05) is 5.73 Å². The summed E-state index contributed by atoms with van der Waals surface area (Å²) in [4.78, 5) is -0.215. The van der Waals surface area contributed by atoms with Crippen LogP contribution in [-0.2, 0) is 10.0 Å². The molecule has 0 amide bonds. The molecule has 1 unspecified atom stereocenters. The van der Waals surface area contributed by atoms with E-state index in [0.29, 0.717) is 0 Å². The maximum absolute atomic E-state index is 13.1. The summed E-state index contributed by atoms with van der Waals surface area (Å²) in [6.45, 7) is 1.51. The van der Waals surface area contributed by atoms with Crippen LogP contribution in [-0.4, -0.2) is 14.5 Å². The summed E-state index contributed by atoms with van der Waals surface area (Å²) in [6.07, 6.45) is 5.07. The molecule has 1 rings (SSSR count). The van der Waals surface area contributed by atoms with Gasteiger partial charge in [0, 0.05) is 0 Å². The van der Waals surface area contributed by atoms with E-state index in [2.05, 4.69) is 26.6 Å². The van der Waals surface area contributed by atoms with Crippen LogP contribution in [0.3, 0.4) is 0 Å². The number of anilines is 1. The van der Waals surface area contributed by atoms with Gasteiger partial charge in [0.15, 0.2) is 0 Å². The SMILES string of the molecule is C#CC(C)NS(=O)(=O)c1cc(Br)c(F)cc1N. The average molecular weight is 321 g/mol. The van der Waals surface area contributed by atoms with Crippen LogP contribution in [0.2, 0.25) is 0 Å². The van der Waals surface area contributed by atoms with E-state index >= 15 is 0 Å². The van der Waals surface area contributed by atoms with Gasteiger partial charge in [0.05, 0.1) is 16.2 Å². The highest BCUT2D eigenvalue weighted by molar-refractivity contribution is 9.10. The van der Waals surface area contributed by atoms with Gasteiger partial charge in [0.1, 0.15) is 10.7 Å². The maximum Gasteiger partial charge on any atom is 0.243 e. The molecule has 0 saturated carbocycles. The standard InChI is InChI=1S/C10H10BrFN2O2S/c1-3-6(2)14-17(15,16)10-4-7(11)8(12)5-9(10)13/h1,4-6,14H,13H2,2H3. The molecule has 0 aliphatic carbocycles. The predicted molar refractivity (Wildman–Crippen MR) is 67.1 cm³/mol. The minimum absolute atomic E-state index is 0.0143. The fourth-order valence-electron chi connectivity index (χ4n) is 1.11.